The van der Waals surface area contributed by atoms with E-state index in [2.05, 4.69) is 15.4 Å². The third kappa shape index (κ3) is 4.47. The molecule has 27 heavy (non-hydrogen) atoms. The van der Waals surface area contributed by atoms with Crippen LogP contribution in [0.5, 0.6) is 0 Å². The van der Waals surface area contributed by atoms with Crippen LogP contribution in [0.4, 0.5) is 20.2 Å². The molecule has 0 atom stereocenters. The van der Waals surface area contributed by atoms with E-state index in [1.165, 1.54) is 18.2 Å². The number of benzene rings is 2. The predicted molar refractivity (Wildman–Crippen MR) is 93.6 cm³/mol. The molecule has 1 heterocycles. The van der Waals surface area contributed by atoms with Gasteiger partial charge in [0.25, 0.3) is 0 Å². The minimum Gasteiger partial charge on any atom is -0.326 e. The summed E-state index contributed by atoms with van der Waals surface area (Å²) in [5.41, 5.74) is 1.24. The maximum absolute atomic E-state index is 13.1. The Hall–Kier alpha value is -2.85. The van der Waals surface area contributed by atoms with Crippen molar-refractivity contribution in [3.05, 3.63) is 53.6 Å². The first kappa shape index (κ1) is 18.9. The number of sulfonamides is 1. The molecule has 0 unspecified atom stereocenters. The highest BCUT2D eigenvalue weighted by Crippen LogP contribution is 2.25. The number of rotatable bonds is 5. The fraction of sp³-hybridized carbons (Fsp3) is 0.176. The van der Waals surface area contributed by atoms with Gasteiger partial charge in [0.15, 0.2) is 11.6 Å². The van der Waals surface area contributed by atoms with E-state index in [0.717, 1.165) is 18.2 Å². The van der Waals surface area contributed by atoms with Crippen LogP contribution in [0.25, 0.3) is 0 Å². The van der Waals surface area contributed by atoms with Crippen molar-refractivity contribution in [2.75, 3.05) is 17.2 Å². The molecule has 2 aromatic carbocycles. The van der Waals surface area contributed by atoms with Crippen molar-refractivity contribution < 1.29 is 26.8 Å². The lowest BCUT2D eigenvalue weighted by atomic mass is 10.0. The maximum atomic E-state index is 13.1. The molecule has 3 rings (SSSR count). The van der Waals surface area contributed by atoms with Gasteiger partial charge in [-0.05, 0) is 42.3 Å². The van der Waals surface area contributed by atoms with Crippen molar-refractivity contribution in [2.24, 2.45) is 0 Å². The van der Waals surface area contributed by atoms with E-state index in [0.29, 0.717) is 17.7 Å². The van der Waals surface area contributed by atoms with Crippen LogP contribution in [0.3, 0.4) is 0 Å². The lowest BCUT2D eigenvalue weighted by Gasteiger charge is -2.17. The summed E-state index contributed by atoms with van der Waals surface area (Å²) in [7, 11) is -3.97. The number of halogens is 2. The Kier molecular flexibility index (Phi) is 5.19. The Balaban J connectivity index is 1.65. The van der Waals surface area contributed by atoms with Crippen LogP contribution in [0.1, 0.15) is 12.0 Å². The molecule has 1 aliphatic rings. The number of nitrogens with one attached hydrogen (secondary N) is 3. The Labute approximate surface area is 153 Å². The molecule has 0 aromatic heterocycles. The highest BCUT2D eigenvalue weighted by Gasteiger charge is 2.20. The van der Waals surface area contributed by atoms with E-state index < -0.39 is 34.1 Å². The van der Waals surface area contributed by atoms with Crippen LogP contribution in [-0.2, 0) is 26.0 Å². The fourth-order valence-electron chi connectivity index (χ4n) is 2.55. The third-order valence-electron chi connectivity index (χ3n) is 3.91. The second-order valence-corrected chi connectivity index (χ2v) is 7.64. The molecule has 0 bridgehead atoms. The summed E-state index contributed by atoms with van der Waals surface area (Å²) < 4.78 is 52.8. The Morgan fingerprint density at radius 3 is 2.59 bits per heavy atom. The zero-order valence-corrected chi connectivity index (χ0v) is 14.7. The average Bonchev–Trinajstić information content (AvgIpc) is 2.62. The molecular weight excluding hydrogens is 380 g/mol. The lowest BCUT2D eigenvalue weighted by molar-refractivity contribution is -0.116. The number of hydrogen-bond donors (Lipinski definition) is 3. The van der Waals surface area contributed by atoms with E-state index in [1.807, 2.05) is 0 Å². The van der Waals surface area contributed by atoms with Crippen molar-refractivity contribution in [3.63, 3.8) is 0 Å². The highest BCUT2D eigenvalue weighted by molar-refractivity contribution is 7.89. The first-order valence-corrected chi connectivity index (χ1v) is 9.40. The molecular formula is C17H15F2N3O4S. The summed E-state index contributed by atoms with van der Waals surface area (Å²) in [6, 6.07) is 7.04. The van der Waals surface area contributed by atoms with Gasteiger partial charge in [-0.1, -0.05) is 0 Å². The van der Waals surface area contributed by atoms with Crippen molar-refractivity contribution in [1.82, 2.24) is 4.72 Å². The van der Waals surface area contributed by atoms with Crippen LogP contribution in [-0.4, -0.2) is 26.8 Å². The Morgan fingerprint density at radius 2 is 1.85 bits per heavy atom. The zero-order chi connectivity index (χ0) is 19.6. The molecule has 2 amide bonds. The summed E-state index contributed by atoms with van der Waals surface area (Å²) in [4.78, 5) is 23.2. The van der Waals surface area contributed by atoms with Gasteiger partial charge in [0.05, 0.1) is 11.4 Å². The molecule has 1 aliphatic heterocycles. The van der Waals surface area contributed by atoms with Gasteiger partial charge in [-0.2, -0.15) is 0 Å². The molecule has 0 saturated heterocycles. The van der Waals surface area contributed by atoms with Gasteiger partial charge in [0.2, 0.25) is 21.8 Å². The predicted octanol–water partition coefficient (Wildman–Crippen LogP) is 1.77. The molecule has 142 valence electrons. The fourth-order valence-corrected chi connectivity index (χ4v) is 3.58. The summed E-state index contributed by atoms with van der Waals surface area (Å²) in [6.45, 7) is -0.588. The minimum atomic E-state index is -3.97. The molecule has 10 heteroatoms. The number of carbonyl (C=O) groups is 2. The first-order valence-electron chi connectivity index (χ1n) is 7.92. The van der Waals surface area contributed by atoms with Crippen LogP contribution in [0.2, 0.25) is 0 Å². The van der Waals surface area contributed by atoms with Crippen LogP contribution in [0.15, 0.2) is 41.3 Å². The normalized spacial score (nSPS) is 13.6. The molecule has 2 aromatic rings. The zero-order valence-electron chi connectivity index (χ0n) is 13.9. The summed E-state index contributed by atoms with van der Waals surface area (Å²) in [5, 5.41) is 4.92. The number of carbonyl (C=O) groups excluding carboxylic acids is 2. The van der Waals surface area contributed by atoms with Crippen molar-refractivity contribution in [1.29, 1.82) is 0 Å². The number of fused-ring (bicyclic) bond motifs is 1. The van der Waals surface area contributed by atoms with E-state index in [1.54, 1.807) is 0 Å². The molecule has 0 spiro atoms. The summed E-state index contributed by atoms with van der Waals surface area (Å²) in [5.74, 6) is -3.06. The Bertz CT molecular complexity index is 1020. The maximum Gasteiger partial charge on any atom is 0.241 e. The second-order valence-electron chi connectivity index (χ2n) is 5.87. The second kappa shape index (κ2) is 7.41. The number of aryl methyl sites for hydroxylation is 1. The standard InChI is InChI=1S/C17H15F2N3O4S/c18-13-4-2-11(8-14(13)19)21-17(24)9-20-27(25,26)12-3-5-15-10(7-12)1-6-16(23)22-15/h2-5,7-8,20H,1,6,9H2,(H,21,24)(H,22,23). The van der Waals surface area contributed by atoms with Gasteiger partial charge >= 0.3 is 0 Å². The largest absolute Gasteiger partial charge is 0.326 e. The smallest absolute Gasteiger partial charge is 0.241 e. The van der Waals surface area contributed by atoms with E-state index in [4.69, 9.17) is 0 Å². The minimum absolute atomic E-state index is 0.00243. The van der Waals surface area contributed by atoms with Gasteiger partial charge in [0, 0.05) is 23.9 Å². The van der Waals surface area contributed by atoms with Gasteiger partial charge in [-0.15, -0.1) is 0 Å². The van der Waals surface area contributed by atoms with E-state index in [-0.39, 0.29) is 22.9 Å². The van der Waals surface area contributed by atoms with Crippen LogP contribution < -0.4 is 15.4 Å². The third-order valence-corrected chi connectivity index (χ3v) is 5.31. The van der Waals surface area contributed by atoms with Gasteiger partial charge in [-0.25, -0.2) is 21.9 Å². The van der Waals surface area contributed by atoms with E-state index in [9.17, 15) is 26.8 Å². The van der Waals surface area contributed by atoms with E-state index >= 15 is 0 Å². The monoisotopic (exact) mass is 395 g/mol. The van der Waals surface area contributed by atoms with Crippen LogP contribution >= 0.6 is 0 Å². The molecule has 0 radical (unpaired) electrons. The van der Waals surface area contributed by atoms with Crippen LogP contribution in [0, 0.1) is 11.6 Å². The molecule has 0 fully saturated rings. The SMILES string of the molecule is O=C(CNS(=O)(=O)c1ccc2c(c1)CCC(=O)N2)Nc1ccc(F)c(F)c1. The molecule has 3 N–H and O–H groups in total. The average molecular weight is 395 g/mol. The van der Waals surface area contributed by atoms with Gasteiger partial charge in [-0.3, -0.25) is 9.59 Å². The van der Waals surface area contributed by atoms with Crippen molar-refractivity contribution in [2.45, 2.75) is 17.7 Å². The Morgan fingerprint density at radius 1 is 1.07 bits per heavy atom. The number of amides is 2. The van der Waals surface area contributed by atoms with Crippen molar-refractivity contribution >= 4 is 33.2 Å². The lowest BCUT2D eigenvalue weighted by Crippen LogP contribution is -2.33. The number of hydrogen-bond acceptors (Lipinski definition) is 4. The van der Waals surface area contributed by atoms with Gasteiger partial charge < -0.3 is 10.6 Å². The van der Waals surface area contributed by atoms with Crippen molar-refractivity contribution in [3.8, 4) is 0 Å². The summed E-state index contributed by atoms with van der Waals surface area (Å²) >= 11 is 0. The number of anilines is 2. The topological polar surface area (TPSA) is 104 Å². The molecule has 0 aliphatic carbocycles. The molecule has 7 nitrogen and oxygen atoms in total. The highest BCUT2D eigenvalue weighted by atomic mass is 32.2. The first-order chi connectivity index (χ1) is 12.7. The summed E-state index contributed by atoms with van der Waals surface area (Å²) in [6.07, 6.45) is 0.682. The molecule has 0 saturated carbocycles. The quantitative estimate of drug-likeness (QED) is 0.718. The van der Waals surface area contributed by atoms with Gasteiger partial charge in [0.1, 0.15) is 0 Å².